The van der Waals surface area contributed by atoms with Crippen LogP contribution in [0.4, 0.5) is 10.1 Å². The van der Waals surface area contributed by atoms with Crippen molar-refractivity contribution in [2.24, 2.45) is 0 Å². The van der Waals surface area contributed by atoms with E-state index in [4.69, 9.17) is 11.6 Å². The Bertz CT molecular complexity index is 422. The molecule has 78 valence electrons. The topological polar surface area (TPSA) is 40.7 Å². The molecule has 15 heavy (non-hydrogen) atoms. The lowest BCUT2D eigenvalue weighted by atomic mass is 10.3. The van der Waals surface area contributed by atoms with Crippen LogP contribution in [0.1, 0.15) is 5.69 Å². The Morgan fingerprint density at radius 3 is 2.93 bits per heavy atom. The van der Waals surface area contributed by atoms with Crippen LogP contribution in [-0.2, 0) is 6.54 Å². The molecule has 0 saturated heterocycles. The lowest BCUT2D eigenvalue weighted by Crippen LogP contribution is -2.02. The fraction of sp³-hybridized carbons (Fsp3) is 0.100. The van der Waals surface area contributed by atoms with E-state index < -0.39 is 0 Å². The largest absolute Gasteiger partial charge is 0.376 e. The lowest BCUT2D eigenvalue weighted by Gasteiger charge is -2.07. The van der Waals surface area contributed by atoms with Crippen LogP contribution in [0.15, 0.2) is 30.5 Å². The van der Waals surface area contributed by atoms with Gasteiger partial charge >= 0.3 is 0 Å². The van der Waals surface area contributed by atoms with Crippen LogP contribution >= 0.6 is 11.6 Å². The third kappa shape index (κ3) is 2.27. The van der Waals surface area contributed by atoms with E-state index in [1.165, 1.54) is 6.07 Å². The summed E-state index contributed by atoms with van der Waals surface area (Å²) < 4.78 is 13.3. The number of para-hydroxylation sites is 1. The summed E-state index contributed by atoms with van der Waals surface area (Å²) >= 11 is 5.84. The summed E-state index contributed by atoms with van der Waals surface area (Å²) in [5.74, 6) is -0.359. The molecule has 0 atom stereocenters. The third-order valence-corrected chi connectivity index (χ3v) is 2.29. The van der Waals surface area contributed by atoms with Gasteiger partial charge in [-0.15, -0.1) is 0 Å². The van der Waals surface area contributed by atoms with Gasteiger partial charge in [-0.05, 0) is 18.2 Å². The highest BCUT2D eigenvalue weighted by atomic mass is 35.5. The molecule has 0 amide bonds. The Morgan fingerprint density at radius 1 is 1.40 bits per heavy atom. The molecular weight excluding hydrogens is 217 g/mol. The zero-order valence-electron chi connectivity index (χ0n) is 7.80. The maximum Gasteiger partial charge on any atom is 0.147 e. The van der Waals surface area contributed by atoms with Crippen molar-refractivity contribution in [2.75, 3.05) is 5.32 Å². The number of aromatic nitrogens is 2. The molecule has 0 aliphatic rings. The maximum atomic E-state index is 13.3. The van der Waals surface area contributed by atoms with Gasteiger partial charge in [0.1, 0.15) is 5.82 Å². The van der Waals surface area contributed by atoms with Crippen LogP contribution in [0.2, 0.25) is 5.02 Å². The first-order valence-corrected chi connectivity index (χ1v) is 4.81. The average molecular weight is 226 g/mol. The van der Waals surface area contributed by atoms with Gasteiger partial charge in [0.15, 0.2) is 0 Å². The fourth-order valence-electron chi connectivity index (χ4n) is 1.23. The number of rotatable bonds is 3. The van der Waals surface area contributed by atoms with Crippen molar-refractivity contribution in [3.8, 4) is 0 Å². The molecule has 3 nitrogen and oxygen atoms in total. The number of anilines is 1. The van der Waals surface area contributed by atoms with Crippen molar-refractivity contribution in [1.82, 2.24) is 10.2 Å². The Balaban J connectivity index is 2.11. The minimum Gasteiger partial charge on any atom is -0.376 e. The standard InChI is InChI=1S/C10H9ClFN3/c11-8-2-1-3-9(12)10(8)13-6-7-4-5-14-15-7/h1-5,13H,6H2,(H,14,15). The Hall–Kier alpha value is -1.55. The van der Waals surface area contributed by atoms with Crippen molar-refractivity contribution in [1.29, 1.82) is 0 Å². The molecule has 2 rings (SSSR count). The normalized spacial score (nSPS) is 10.3. The van der Waals surface area contributed by atoms with Gasteiger partial charge in [0.2, 0.25) is 0 Å². The van der Waals surface area contributed by atoms with Gasteiger partial charge in [-0.1, -0.05) is 17.7 Å². The molecule has 0 spiro atoms. The molecule has 0 aliphatic carbocycles. The first-order valence-electron chi connectivity index (χ1n) is 4.43. The van der Waals surface area contributed by atoms with E-state index >= 15 is 0 Å². The molecule has 1 aromatic carbocycles. The molecule has 0 saturated carbocycles. The van der Waals surface area contributed by atoms with Gasteiger partial charge in [0.05, 0.1) is 22.9 Å². The van der Waals surface area contributed by atoms with Gasteiger partial charge in [0, 0.05) is 6.20 Å². The molecule has 0 radical (unpaired) electrons. The average Bonchev–Trinajstić information content (AvgIpc) is 2.70. The number of halogens is 2. The van der Waals surface area contributed by atoms with Gasteiger partial charge in [-0.3, -0.25) is 5.10 Å². The second kappa shape index (κ2) is 4.31. The molecule has 0 bridgehead atoms. The zero-order valence-corrected chi connectivity index (χ0v) is 8.55. The van der Waals surface area contributed by atoms with Crippen LogP contribution in [0.3, 0.4) is 0 Å². The van der Waals surface area contributed by atoms with Crippen LogP contribution in [0.5, 0.6) is 0 Å². The van der Waals surface area contributed by atoms with Crippen molar-refractivity contribution in [3.05, 3.63) is 47.0 Å². The van der Waals surface area contributed by atoms with E-state index in [9.17, 15) is 4.39 Å². The van der Waals surface area contributed by atoms with Gasteiger partial charge in [-0.2, -0.15) is 5.10 Å². The van der Waals surface area contributed by atoms with Crippen molar-refractivity contribution in [2.45, 2.75) is 6.54 Å². The summed E-state index contributed by atoms with van der Waals surface area (Å²) in [5.41, 5.74) is 1.18. The van der Waals surface area contributed by atoms with Gasteiger partial charge in [0.25, 0.3) is 0 Å². The monoisotopic (exact) mass is 225 g/mol. The molecule has 0 aliphatic heterocycles. The van der Waals surface area contributed by atoms with E-state index in [0.717, 1.165) is 5.69 Å². The van der Waals surface area contributed by atoms with E-state index in [1.54, 1.807) is 18.3 Å². The molecule has 1 heterocycles. The number of nitrogens with zero attached hydrogens (tertiary/aromatic N) is 1. The second-order valence-corrected chi connectivity index (χ2v) is 3.44. The Labute approximate surface area is 91.3 Å². The van der Waals surface area contributed by atoms with Crippen molar-refractivity contribution in [3.63, 3.8) is 0 Å². The minimum absolute atomic E-state index is 0.314. The van der Waals surface area contributed by atoms with Gasteiger partial charge < -0.3 is 5.32 Å². The second-order valence-electron chi connectivity index (χ2n) is 3.03. The van der Waals surface area contributed by atoms with Crippen LogP contribution in [0.25, 0.3) is 0 Å². The van der Waals surface area contributed by atoms with E-state index in [1.807, 2.05) is 6.07 Å². The highest BCUT2D eigenvalue weighted by Gasteiger charge is 2.05. The highest BCUT2D eigenvalue weighted by Crippen LogP contribution is 2.24. The van der Waals surface area contributed by atoms with E-state index in [-0.39, 0.29) is 5.82 Å². The number of hydrogen-bond donors (Lipinski definition) is 2. The molecular formula is C10H9ClFN3. The smallest absolute Gasteiger partial charge is 0.147 e. The minimum atomic E-state index is -0.359. The van der Waals surface area contributed by atoms with Crippen molar-refractivity contribution >= 4 is 17.3 Å². The molecule has 0 fully saturated rings. The van der Waals surface area contributed by atoms with Crippen molar-refractivity contribution < 1.29 is 4.39 Å². The predicted molar refractivity (Wildman–Crippen MR) is 57.3 cm³/mol. The number of hydrogen-bond acceptors (Lipinski definition) is 2. The number of H-pyrrole nitrogens is 1. The maximum absolute atomic E-state index is 13.3. The van der Waals surface area contributed by atoms with E-state index in [0.29, 0.717) is 17.3 Å². The zero-order chi connectivity index (χ0) is 10.7. The Morgan fingerprint density at radius 2 is 2.27 bits per heavy atom. The fourth-order valence-corrected chi connectivity index (χ4v) is 1.46. The summed E-state index contributed by atoms with van der Waals surface area (Å²) in [6.07, 6.45) is 1.64. The van der Waals surface area contributed by atoms with Crippen LogP contribution in [0, 0.1) is 5.82 Å². The third-order valence-electron chi connectivity index (χ3n) is 1.98. The molecule has 1 aromatic heterocycles. The summed E-state index contributed by atoms with van der Waals surface area (Å²) in [6, 6.07) is 6.38. The van der Waals surface area contributed by atoms with E-state index in [2.05, 4.69) is 15.5 Å². The number of aromatic amines is 1. The molecule has 5 heteroatoms. The summed E-state index contributed by atoms with van der Waals surface area (Å²) in [7, 11) is 0. The SMILES string of the molecule is Fc1cccc(Cl)c1NCc1ccn[nH]1. The number of nitrogens with one attached hydrogen (secondary N) is 2. The Kier molecular flexibility index (Phi) is 2.87. The predicted octanol–water partition coefficient (Wildman–Crippen LogP) is 2.81. The number of benzene rings is 1. The summed E-state index contributed by atoms with van der Waals surface area (Å²) in [4.78, 5) is 0. The summed E-state index contributed by atoms with van der Waals surface area (Å²) in [6.45, 7) is 0.459. The molecule has 2 N–H and O–H groups in total. The van der Waals surface area contributed by atoms with Gasteiger partial charge in [-0.25, -0.2) is 4.39 Å². The molecule has 2 aromatic rings. The first-order chi connectivity index (χ1) is 7.27. The first kappa shape index (κ1) is 9.98. The summed E-state index contributed by atoms with van der Waals surface area (Å²) in [5, 5.41) is 9.83. The van der Waals surface area contributed by atoms with Crippen LogP contribution < -0.4 is 5.32 Å². The lowest BCUT2D eigenvalue weighted by molar-refractivity contribution is 0.630. The highest BCUT2D eigenvalue weighted by molar-refractivity contribution is 6.33. The van der Waals surface area contributed by atoms with Crippen LogP contribution in [-0.4, -0.2) is 10.2 Å². The quantitative estimate of drug-likeness (QED) is 0.843. The molecule has 0 unspecified atom stereocenters.